The van der Waals surface area contributed by atoms with Gasteiger partial charge in [0.25, 0.3) is 5.79 Å². The van der Waals surface area contributed by atoms with E-state index in [4.69, 9.17) is 47.4 Å². The van der Waals surface area contributed by atoms with Crippen LogP contribution in [-0.4, -0.2) is 305 Å². The number of hydrogen-bond donors (Lipinski definition) is 18. The van der Waals surface area contributed by atoms with Gasteiger partial charge in [-0.05, 0) is 6.04 Å². The molecule has 5 heterocycles. The van der Waals surface area contributed by atoms with E-state index in [0.29, 0.717) is 6.04 Å². The number of carbonyl (C=O) groups excluding carboxylic acids is 1. The van der Waals surface area contributed by atoms with Crippen molar-refractivity contribution in [3.05, 3.63) is 0 Å². The normalized spacial score (nSPS) is 45.5. The Bertz CT molecular complexity index is 1690. The molecule has 0 aromatic carbocycles. The summed E-state index contributed by atoms with van der Waals surface area (Å²) in [4.78, 5) is 24.9. The Morgan fingerprint density at radius 2 is 1.06 bits per heavy atom. The summed E-state index contributed by atoms with van der Waals surface area (Å²) in [6, 6.07) is -0.961. The van der Waals surface area contributed by atoms with Gasteiger partial charge in [0, 0.05) is 28.0 Å². The fourth-order valence-corrected chi connectivity index (χ4v) is 9.47. The summed E-state index contributed by atoms with van der Waals surface area (Å²) in [5.41, 5.74) is 0. The highest BCUT2D eigenvalue weighted by molar-refractivity contribution is 6.76. The predicted octanol–water partition coefficient (Wildman–Crippen LogP) is -10.2. The van der Waals surface area contributed by atoms with Crippen molar-refractivity contribution in [1.82, 2.24) is 5.32 Å². The van der Waals surface area contributed by atoms with Crippen LogP contribution in [0.2, 0.25) is 25.7 Å². The number of rotatable bonds is 21. The van der Waals surface area contributed by atoms with E-state index in [1.54, 1.807) is 0 Å². The van der Waals surface area contributed by atoms with Crippen LogP contribution in [0.4, 0.5) is 0 Å². The zero-order chi connectivity index (χ0) is 53.0. The Morgan fingerprint density at radius 3 is 1.52 bits per heavy atom. The second kappa shape index (κ2) is 25.3. The molecule has 31 heteroatoms. The molecule has 5 aliphatic rings. The number of amides is 1. The van der Waals surface area contributed by atoms with Gasteiger partial charge in [-0.2, -0.15) is 0 Å². The summed E-state index contributed by atoms with van der Waals surface area (Å²) in [6.45, 7) is 2.38. The summed E-state index contributed by atoms with van der Waals surface area (Å²) < 4.78 is 56.5. The maximum absolute atomic E-state index is 12.9. The van der Waals surface area contributed by atoms with Gasteiger partial charge in [-0.3, -0.25) is 4.79 Å². The van der Waals surface area contributed by atoms with Crippen molar-refractivity contribution < 1.29 is 144 Å². The summed E-state index contributed by atoms with van der Waals surface area (Å²) in [5.74, 6) is -6.00. The molecule has 0 bridgehead atoms. The van der Waals surface area contributed by atoms with Crippen LogP contribution in [0, 0.1) is 0 Å². The van der Waals surface area contributed by atoms with Crippen LogP contribution in [0.1, 0.15) is 13.3 Å². The molecule has 5 fully saturated rings. The first-order valence-corrected chi connectivity index (χ1v) is 26.6. The number of aliphatic hydroxyl groups is 16. The first-order chi connectivity index (χ1) is 33.3. The molecule has 0 spiro atoms. The molecule has 0 aromatic heterocycles. The molecule has 71 heavy (non-hydrogen) atoms. The van der Waals surface area contributed by atoms with Gasteiger partial charge in [-0.15, -0.1) is 0 Å². The van der Waals surface area contributed by atoms with Crippen molar-refractivity contribution in [3.8, 4) is 0 Å². The largest absolute Gasteiger partial charge is 0.477 e. The van der Waals surface area contributed by atoms with Crippen molar-refractivity contribution >= 4 is 20.0 Å². The SMILES string of the molecule is CC(=O)N[C@H]1[C@H]([C@H](O)[C@H](O)CO)O[C@@](O[C@H]2[C@@H](O)[C@@H](CO)O[C@@H](O[C@H]3[C@H](O)[C@H](O)[C@H](O[C@H]4[C@@H](O)[C@@H](CO)O[C@@H](O[C@H]5[C@H](O)[C@@H](O)[C@H](OCC[Si](C)(C)C)O[C@@H]5CO)[C@@H]4O)O[C@@H]3CO)[C@@H]2O)(C(=O)O)C[C@@H]1O. The highest BCUT2D eigenvalue weighted by atomic mass is 28.3. The van der Waals surface area contributed by atoms with Crippen LogP contribution >= 0.6 is 0 Å². The zero-order valence-electron chi connectivity index (χ0n) is 39.1. The monoisotopic (exact) mass is 1060 g/mol. The van der Waals surface area contributed by atoms with Gasteiger partial charge >= 0.3 is 5.97 Å². The number of aliphatic carboxylic acids is 1. The lowest BCUT2D eigenvalue weighted by Crippen LogP contribution is -2.71. The summed E-state index contributed by atoms with van der Waals surface area (Å²) >= 11 is 0. The molecule has 0 radical (unpaired) electrons. The topological polar surface area (TPSA) is 482 Å². The van der Waals surface area contributed by atoms with Crippen LogP contribution in [0.25, 0.3) is 0 Å². The highest BCUT2D eigenvalue weighted by Crippen LogP contribution is 2.39. The fourth-order valence-electron chi connectivity index (χ4n) is 8.74. The Kier molecular flexibility index (Phi) is 21.4. The Hall–Kier alpha value is -1.88. The first kappa shape index (κ1) is 60.0. The van der Waals surface area contributed by atoms with E-state index in [1.807, 2.05) is 0 Å². The summed E-state index contributed by atoms with van der Waals surface area (Å²) in [5, 5.41) is 185. The van der Waals surface area contributed by atoms with E-state index in [9.17, 15) is 96.4 Å². The van der Waals surface area contributed by atoms with Crippen LogP contribution in [0.5, 0.6) is 0 Å². The number of hydrogen-bond acceptors (Lipinski definition) is 28. The number of ether oxygens (including phenoxy) is 10. The molecule has 26 atom stereocenters. The Morgan fingerprint density at radius 1 is 0.620 bits per heavy atom. The van der Waals surface area contributed by atoms with Crippen molar-refractivity contribution in [2.24, 2.45) is 0 Å². The maximum atomic E-state index is 12.9. The van der Waals surface area contributed by atoms with Gasteiger partial charge in [-0.25, -0.2) is 4.79 Å². The minimum Gasteiger partial charge on any atom is -0.477 e. The smallest absolute Gasteiger partial charge is 0.364 e. The molecular weight excluding hydrogens is 987 g/mol. The van der Waals surface area contributed by atoms with Gasteiger partial charge in [0.2, 0.25) is 5.91 Å². The third kappa shape index (κ3) is 13.6. The van der Waals surface area contributed by atoms with E-state index < -0.39 is 218 Å². The number of carboxylic acids is 1. The van der Waals surface area contributed by atoms with E-state index in [1.165, 1.54) is 0 Å². The molecule has 0 aromatic rings. The van der Waals surface area contributed by atoms with E-state index in [0.717, 1.165) is 6.92 Å². The quantitative estimate of drug-likeness (QED) is 0.0475. The lowest BCUT2D eigenvalue weighted by Gasteiger charge is -2.51. The van der Waals surface area contributed by atoms with Gasteiger partial charge in [-0.1, -0.05) is 19.6 Å². The minimum absolute atomic E-state index is 0.164. The lowest BCUT2D eigenvalue weighted by atomic mass is 9.88. The van der Waals surface area contributed by atoms with Gasteiger partial charge in [0.05, 0.1) is 45.2 Å². The van der Waals surface area contributed by atoms with Crippen molar-refractivity contribution in [2.75, 3.05) is 39.6 Å². The minimum atomic E-state index is -3.15. The van der Waals surface area contributed by atoms with Crippen LogP contribution in [0.15, 0.2) is 0 Å². The number of nitrogens with one attached hydrogen (secondary N) is 1. The third-order valence-electron chi connectivity index (χ3n) is 12.8. The van der Waals surface area contributed by atoms with Gasteiger partial charge in [0.1, 0.15) is 116 Å². The molecular formula is C40H71NO29Si. The van der Waals surface area contributed by atoms with Gasteiger partial charge in [0.15, 0.2) is 25.2 Å². The predicted molar refractivity (Wildman–Crippen MR) is 227 cm³/mol. The molecule has 5 aliphatic heterocycles. The van der Waals surface area contributed by atoms with Crippen LogP contribution in [-0.2, 0) is 57.0 Å². The summed E-state index contributed by atoms with van der Waals surface area (Å²) in [7, 11) is -1.59. The third-order valence-corrected chi connectivity index (χ3v) is 14.5. The van der Waals surface area contributed by atoms with Crippen molar-refractivity contribution in [1.29, 1.82) is 0 Å². The molecule has 5 rings (SSSR count). The average Bonchev–Trinajstić information content (AvgIpc) is 3.31. The lowest BCUT2D eigenvalue weighted by molar-refractivity contribution is -0.397. The molecule has 0 saturated carbocycles. The zero-order valence-corrected chi connectivity index (χ0v) is 40.1. The molecule has 414 valence electrons. The summed E-state index contributed by atoms with van der Waals surface area (Å²) in [6.07, 6.45) is -48.0. The molecule has 5 saturated heterocycles. The molecule has 0 unspecified atom stereocenters. The molecule has 30 nitrogen and oxygen atoms in total. The molecule has 18 N–H and O–H groups in total. The van der Waals surface area contributed by atoms with Crippen molar-refractivity contribution in [3.63, 3.8) is 0 Å². The standard InChI is InChI=1S/C40H71NO29Si/c1-13(47)41-20-14(48)7-40(39(59)60,69-32(20)21(50)15(49)8-42)70-34-23(52)17(10-44)63-38(29(34)58)67-31-19(12-46)65-36(27(56)25(31)54)68-33-22(51)16(9-43)62-37(28(33)57)66-30-18(11-45)64-35(26(55)24(30)53)61-5-6-71(2,3)4/h14-38,42-46,48-58H,5-12H2,1-4H3,(H,41,47)(H,59,60)/t14-,15+,16+,17+,18+,19+,20+,21+,22-,23-,24+,25+,26+,27-,28+,29+,30+,31+,32+,33-,34-,35+,36-,37-,38-,40-/m0/s1. The maximum Gasteiger partial charge on any atom is 0.364 e. The van der Waals surface area contributed by atoms with Gasteiger partial charge < -0.3 is 139 Å². The van der Waals surface area contributed by atoms with E-state index >= 15 is 0 Å². The fraction of sp³-hybridized carbons (Fsp3) is 0.950. The molecule has 0 aliphatic carbocycles. The second-order valence-corrected chi connectivity index (χ2v) is 24.9. The highest BCUT2D eigenvalue weighted by Gasteiger charge is 2.61. The Labute approximate surface area is 406 Å². The number of aliphatic hydroxyl groups excluding tert-OH is 16. The van der Waals surface area contributed by atoms with Crippen molar-refractivity contribution in [2.45, 2.75) is 198 Å². The average molecular weight is 1060 g/mol. The van der Waals surface area contributed by atoms with Crippen LogP contribution in [0.3, 0.4) is 0 Å². The molecule has 1 amide bonds. The first-order valence-electron chi connectivity index (χ1n) is 22.9. The second-order valence-electron chi connectivity index (χ2n) is 19.3. The Balaban J connectivity index is 1.32. The number of carbonyl (C=O) groups is 2. The van der Waals surface area contributed by atoms with Crippen LogP contribution < -0.4 is 5.32 Å². The van der Waals surface area contributed by atoms with E-state index in [-0.39, 0.29) is 6.61 Å². The number of carboxylic acid groups (broad SMARTS) is 1. The van der Waals surface area contributed by atoms with E-state index in [2.05, 4.69) is 25.0 Å².